The van der Waals surface area contributed by atoms with E-state index in [1.807, 2.05) is 0 Å². The quantitative estimate of drug-likeness (QED) is 0.147. The zero-order valence-electron chi connectivity index (χ0n) is 17.5. The Hall–Kier alpha value is -4.00. The van der Waals surface area contributed by atoms with Crippen molar-refractivity contribution >= 4 is 21.5 Å². The average Bonchev–Trinajstić information content (AvgIpc) is 2.81. The van der Waals surface area contributed by atoms with Gasteiger partial charge in [0.25, 0.3) is 0 Å². The van der Waals surface area contributed by atoms with Crippen LogP contribution in [0.3, 0.4) is 0 Å². The van der Waals surface area contributed by atoms with E-state index in [2.05, 4.69) is 0 Å². The maximum atomic E-state index is 15.3. The second kappa shape index (κ2) is 8.09. The van der Waals surface area contributed by atoms with Crippen LogP contribution in [0.2, 0.25) is 0 Å². The molecule has 34 heavy (non-hydrogen) atoms. The van der Waals surface area contributed by atoms with E-state index in [1.54, 1.807) is 18.2 Å². The summed E-state index contributed by atoms with van der Waals surface area (Å²) in [5.41, 5.74) is -0.394. The Balaban J connectivity index is 2.02. The molecule has 0 fully saturated rings. The molecular weight excluding hydrogens is 454 g/mol. The molecule has 0 heterocycles. The molecule has 0 bridgehead atoms. The van der Waals surface area contributed by atoms with Crippen LogP contribution in [0.1, 0.15) is 0 Å². The molecule has 0 atom stereocenters. The van der Waals surface area contributed by atoms with Crippen molar-refractivity contribution in [1.82, 2.24) is 0 Å². The van der Waals surface area contributed by atoms with E-state index < -0.39 is 40.5 Å². The molecule has 5 rings (SSSR count). The van der Waals surface area contributed by atoms with E-state index in [9.17, 15) is 13.2 Å². The highest BCUT2D eigenvalue weighted by molar-refractivity contribution is 6.21. The van der Waals surface area contributed by atoms with Gasteiger partial charge in [-0.1, -0.05) is 36.4 Å². The Labute approximate surface area is 189 Å². The van der Waals surface area contributed by atoms with E-state index in [1.165, 1.54) is 25.3 Å². The van der Waals surface area contributed by atoms with Crippen molar-refractivity contribution in [2.75, 3.05) is 7.11 Å². The predicted octanol–water partition coefficient (Wildman–Crippen LogP) is 8.17. The highest BCUT2D eigenvalue weighted by Gasteiger charge is 2.24. The number of hydrogen-bond donors (Lipinski definition) is 0. The van der Waals surface area contributed by atoms with Gasteiger partial charge in [-0.2, -0.15) is 0 Å². The molecule has 0 spiro atoms. The van der Waals surface area contributed by atoms with Crippen LogP contribution in [-0.4, -0.2) is 7.11 Å². The summed E-state index contributed by atoms with van der Waals surface area (Å²) in [5.74, 6) is -7.27. The second-order valence-electron chi connectivity index (χ2n) is 7.68. The van der Waals surface area contributed by atoms with Gasteiger partial charge in [-0.15, -0.1) is 0 Å². The molecular formula is C27H14F6O. The molecule has 0 aliphatic heterocycles. The Morgan fingerprint density at radius 2 is 1.09 bits per heavy atom. The average molecular weight is 468 g/mol. The molecule has 0 radical (unpaired) electrons. The van der Waals surface area contributed by atoms with Gasteiger partial charge in [-0.05, 0) is 45.5 Å². The maximum Gasteiger partial charge on any atom is 0.194 e. The minimum atomic E-state index is -1.64. The van der Waals surface area contributed by atoms with Crippen molar-refractivity contribution in [3.05, 3.63) is 102 Å². The van der Waals surface area contributed by atoms with Crippen LogP contribution in [-0.2, 0) is 0 Å². The summed E-state index contributed by atoms with van der Waals surface area (Å²) >= 11 is 0. The van der Waals surface area contributed by atoms with E-state index in [4.69, 9.17) is 4.74 Å². The molecule has 5 aromatic carbocycles. The van der Waals surface area contributed by atoms with E-state index in [0.29, 0.717) is 5.39 Å². The Morgan fingerprint density at radius 1 is 0.529 bits per heavy atom. The summed E-state index contributed by atoms with van der Waals surface area (Å²) in [5, 5.41) is 0.580. The molecule has 7 heteroatoms. The van der Waals surface area contributed by atoms with E-state index >= 15 is 13.2 Å². The van der Waals surface area contributed by atoms with Gasteiger partial charge in [-0.3, -0.25) is 0 Å². The summed E-state index contributed by atoms with van der Waals surface area (Å²) in [7, 11) is 1.26. The number of hydrogen-bond acceptors (Lipinski definition) is 1. The number of ether oxygens (including phenoxy) is 1. The lowest BCUT2D eigenvalue weighted by Crippen LogP contribution is -1.99. The molecule has 0 aliphatic carbocycles. The van der Waals surface area contributed by atoms with Crippen molar-refractivity contribution < 1.29 is 31.1 Å². The smallest absolute Gasteiger partial charge is 0.194 e. The molecule has 0 aliphatic rings. The minimum absolute atomic E-state index is 0.0505. The summed E-state index contributed by atoms with van der Waals surface area (Å²) in [6.45, 7) is 0. The SMILES string of the molecule is COc1cc(F)c(-c2c3ccccc3c(-c3cc(F)c(F)c(F)c3)c3cccc(F)c23)c(F)c1. The zero-order valence-corrected chi connectivity index (χ0v) is 17.5. The molecule has 5 aromatic rings. The summed E-state index contributed by atoms with van der Waals surface area (Å²) in [6.07, 6.45) is 0. The Kier molecular flexibility index (Phi) is 5.20. The maximum absolute atomic E-state index is 15.3. The molecule has 1 nitrogen and oxygen atoms in total. The van der Waals surface area contributed by atoms with Crippen LogP contribution < -0.4 is 4.74 Å². The van der Waals surface area contributed by atoms with Gasteiger partial charge >= 0.3 is 0 Å². The highest BCUT2D eigenvalue weighted by Crippen LogP contribution is 2.46. The first kappa shape index (κ1) is 21.8. The van der Waals surface area contributed by atoms with Gasteiger partial charge in [-0.25, -0.2) is 26.3 Å². The summed E-state index contributed by atoms with van der Waals surface area (Å²) in [6, 6.07) is 13.9. The highest BCUT2D eigenvalue weighted by atomic mass is 19.2. The number of benzene rings is 5. The van der Waals surface area contributed by atoms with Gasteiger partial charge in [0.1, 0.15) is 23.2 Å². The Bertz CT molecular complexity index is 1560. The predicted molar refractivity (Wildman–Crippen MR) is 119 cm³/mol. The van der Waals surface area contributed by atoms with Gasteiger partial charge in [0.05, 0.1) is 12.7 Å². The van der Waals surface area contributed by atoms with Crippen LogP contribution in [0.4, 0.5) is 26.3 Å². The van der Waals surface area contributed by atoms with Crippen LogP contribution in [0, 0.1) is 34.9 Å². The number of methoxy groups -OCH3 is 1. The fourth-order valence-corrected chi connectivity index (χ4v) is 4.36. The van der Waals surface area contributed by atoms with Gasteiger partial charge < -0.3 is 4.74 Å². The van der Waals surface area contributed by atoms with E-state index in [-0.39, 0.29) is 38.6 Å². The standard InChI is InChI=1S/C27H14F6O/c1-34-14-11-19(29)26(20(30)12-14)25-16-6-3-2-5-15(16)23(17-7-4-8-18(28)24(17)25)13-9-21(31)27(33)22(32)10-13/h2-12H,1H3. The van der Waals surface area contributed by atoms with E-state index in [0.717, 1.165) is 30.3 Å². The largest absolute Gasteiger partial charge is 0.497 e. The van der Waals surface area contributed by atoms with Gasteiger partial charge in [0, 0.05) is 23.1 Å². The zero-order chi connectivity index (χ0) is 24.1. The monoisotopic (exact) mass is 468 g/mol. The third-order valence-corrected chi connectivity index (χ3v) is 5.77. The lowest BCUT2D eigenvalue weighted by Gasteiger charge is -2.19. The van der Waals surface area contributed by atoms with Crippen LogP contribution in [0.25, 0.3) is 43.8 Å². The fourth-order valence-electron chi connectivity index (χ4n) is 4.36. The molecule has 0 saturated heterocycles. The molecule has 170 valence electrons. The minimum Gasteiger partial charge on any atom is -0.497 e. The first-order valence-electron chi connectivity index (χ1n) is 10.1. The van der Waals surface area contributed by atoms with Gasteiger partial charge in [0.15, 0.2) is 17.5 Å². The van der Waals surface area contributed by atoms with Crippen molar-refractivity contribution in [3.63, 3.8) is 0 Å². The van der Waals surface area contributed by atoms with Crippen LogP contribution >= 0.6 is 0 Å². The topological polar surface area (TPSA) is 9.23 Å². The molecule has 0 saturated carbocycles. The molecule has 0 aromatic heterocycles. The van der Waals surface area contributed by atoms with Crippen molar-refractivity contribution in [2.45, 2.75) is 0 Å². The first-order valence-corrected chi connectivity index (χ1v) is 10.1. The van der Waals surface area contributed by atoms with Crippen LogP contribution in [0.5, 0.6) is 5.75 Å². The van der Waals surface area contributed by atoms with Crippen molar-refractivity contribution in [1.29, 1.82) is 0 Å². The van der Waals surface area contributed by atoms with Crippen molar-refractivity contribution in [3.8, 4) is 28.0 Å². The number of rotatable bonds is 3. The summed E-state index contributed by atoms with van der Waals surface area (Å²) < 4.78 is 92.5. The number of fused-ring (bicyclic) bond motifs is 2. The fraction of sp³-hybridized carbons (Fsp3) is 0.0370. The molecule has 0 N–H and O–H groups in total. The molecule has 0 amide bonds. The summed E-state index contributed by atoms with van der Waals surface area (Å²) in [4.78, 5) is 0. The third kappa shape index (κ3) is 3.27. The lowest BCUT2D eigenvalue weighted by molar-refractivity contribution is 0.407. The normalized spacial score (nSPS) is 11.4. The second-order valence-corrected chi connectivity index (χ2v) is 7.68. The third-order valence-electron chi connectivity index (χ3n) is 5.77. The lowest BCUT2D eigenvalue weighted by atomic mass is 9.85. The van der Waals surface area contributed by atoms with Crippen molar-refractivity contribution in [2.24, 2.45) is 0 Å². The van der Waals surface area contributed by atoms with Crippen LogP contribution in [0.15, 0.2) is 66.7 Å². The van der Waals surface area contributed by atoms with Gasteiger partial charge in [0.2, 0.25) is 0 Å². The Morgan fingerprint density at radius 3 is 1.68 bits per heavy atom. The molecule has 0 unspecified atom stereocenters. The number of halogens is 6. The first-order chi connectivity index (χ1) is 16.3.